The number of aromatic nitrogens is 2. The first-order valence-electron chi connectivity index (χ1n) is 7.70. The van der Waals surface area contributed by atoms with Crippen molar-refractivity contribution in [3.63, 3.8) is 0 Å². The van der Waals surface area contributed by atoms with E-state index in [1.54, 1.807) is 0 Å². The summed E-state index contributed by atoms with van der Waals surface area (Å²) < 4.78 is 0. The van der Waals surface area contributed by atoms with Gasteiger partial charge in [-0.25, -0.2) is 9.97 Å². The maximum atomic E-state index is 6.25. The van der Waals surface area contributed by atoms with Crippen LogP contribution in [0.3, 0.4) is 0 Å². The second kappa shape index (κ2) is 6.30. The van der Waals surface area contributed by atoms with Crippen molar-refractivity contribution in [3.05, 3.63) is 16.5 Å². The Hall–Kier alpha value is -0.830. The van der Waals surface area contributed by atoms with Gasteiger partial charge >= 0.3 is 0 Å². The fourth-order valence-electron chi connectivity index (χ4n) is 2.87. The molecule has 0 aromatic carbocycles. The lowest BCUT2D eigenvalue weighted by molar-refractivity contribution is 0.252. The molecule has 1 aliphatic rings. The van der Waals surface area contributed by atoms with Crippen molar-refractivity contribution in [1.82, 2.24) is 9.97 Å². The molecule has 1 aliphatic carbocycles. The number of nitrogens with one attached hydrogen (secondary N) is 1. The predicted molar refractivity (Wildman–Crippen MR) is 85.5 cm³/mol. The summed E-state index contributed by atoms with van der Waals surface area (Å²) in [6.45, 7) is 10.9. The smallest absolute Gasteiger partial charge is 0.137 e. The van der Waals surface area contributed by atoms with E-state index in [1.165, 1.54) is 19.3 Å². The van der Waals surface area contributed by atoms with E-state index >= 15 is 0 Å². The van der Waals surface area contributed by atoms with Crippen LogP contribution >= 0.6 is 11.6 Å². The highest BCUT2D eigenvalue weighted by atomic mass is 35.5. The number of anilines is 1. The molecule has 0 spiro atoms. The molecule has 1 fully saturated rings. The average molecular weight is 296 g/mol. The molecule has 0 aliphatic heterocycles. The standard InChI is InChI=1S/C16H26ClN3/c1-9(2)15-19-14(17)12(5)16(20-15)18-13-8-6-7-10(3)11(13)4/h9-11,13H,6-8H2,1-5H3,(H,18,19,20). The summed E-state index contributed by atoms with van der Waals surface area (Å²) in [6.07, 6.45) is 3.84. The van der Waals surface area contributed by atoms with E-state index in [1.807, 2.05) is 6.92 Å². The molecule has 3 nitrogen and oxygen atoms in total. The van der Waals surface area contributed by atoms with Crippen LogP contribution in [0, 0.1) is 18.8 Å². The van der Waals surface area contributed by atoms with Crippen LogP contribution in [-0.2, 0) is 0 Å². The van der Waals surface area contributed by atoms with Crippen LogP contribution in [0.1, 0.15) is 64.3 Å². The van der Waals surface area contributed by atoms with E-state index in [-0.39, 0.29) is 5.92 Å². The summed E-state index contributed by atoms with van der Waals surface area (Å²) in [5.74, 6) is 3.46. The monoisotopic (exact) mass is 295 g/mol. The van der Waals surface area contributed by atoms with E-state index in [9.17, 15) is 0 Å². The van der Waals surface area contributed by atoms with Crippen molar-refractivity contribution in [2.24, 2.45) is 11.8 Å². The highest BCUT2D eigenvalue weighted by molar-refractivity contribution is 6.30. The number of halogens is 1. The van der Waals surface area contributed by atoms with Crippen LogP contribution < -0.4 is 5.32 Å². The maximum absolute atomic E-state index is 6.25. The molecule has 0 amide bonds. The molecule has 1 N–H and O–H groups in total. The topological polar surface area (TPSA) is 37.8 Å². The highest BCUT2D eigenvalue weighted by Crippen LogP contribution is 2.32. The fraction of sp³-hybridized carbons (Fsp3) is 0.750. The summed E-state index contributed by atoms with van der Waals surface area (Å²) in [5.41, 5.74) is 0.960. The van der Waals surface area contributed by atoms with E-state index in [4.69, 9.17) is 11.6 Å². The minimum Gasteiger partial charge on any atom is -0.367 e. The molecule has 1 aromatic rings. The molecule has 4 heteroatoms. The van der Waals surface area contributed by atoms with E-state index in [0.717, 1.165) is 23.1 Å². The fourth-order valence-corrected chi connectivity index (χ4v) is 3.04. The SMILES string of the molecule is Cc1c(Cl)nc(C(C)C)nc1NC1CCCC(C)C1C. The van der Waals surface area contributed by atoms with Gasteiger partial charge in [0.25, 0.3) is 0 Å². The number of rotatable bonds is 3. The zero-order valence-electron chi connectivity index (χ0n) is 13.2. The number of hydrogen-bond donors (Lipinski definition) is 1. The Labute approximate surface area is 127 Å². The predicted octanol–water partition coefficient (Wildman–Crippen LogP) is 4.80. The van der Waals surface area contributed by atoms with Gasteiger partial charge in [-0.1, -0.05) is 52.1 Å². The van der Waals surface area contributed by atoms with E-state index in [0.29, 0.717) is 17.1 Å². The van der Waals surface area contributed by atoms with Crippen molar-refractivity contribution in [2.45, 2.75) is 65.8 Å². The molecule has 0 saturated heterocycles. The van der Waals surface area contributed by atoms with Gasteiger partial charge in [0.2, 0.25) is 0 Å². The number of hydrogen-bond acceptors (Lipinski definition) is 3. The second-order valence-electron chi connectivity index (χ2n) is 6.52. The molecule has 20 heavy (non-hydrogen) atoms. The number of nitrogens with zero attached hydrogens (tertiary/aromatic N) is 2. The zero-order chi connectivity index (χ0) is 14.9. The van der Waals surface area contributed by atoms with E-state index < -0.39 is 0 Å². The van der Waals surface area contributed by atoms with Crippen LogP contribution in [0.4, 0.5) is 5.82 Å². The first-order chi connectivity index (χ1) is 9.40. The lowest BCUT2D eigenvalue weighted by Crippen LogP contribution is -2.35. The van der Waals surface area contributed by atoms with Gasteiger partial charge in [0.05, 0.1) is 0 Å². The van der Waals surface area contributed by atoms with Gasteiger partial charge < -0.3 is 5.32 Å². The van der Waals surface area contributed by atoms with Crippen molar-refractivity contribution >= 4 is 17.4 Å². The van der Waals surface area contributed by atoms with Crippen molar-refractivity contribution < 1.29 is 0 Å². The van der Waals surface area contributed by atoms with Crippen molar-refractivity contribution in [2.75, 3.05) is 5.32 Å². The first kappa shape index (κ1) is 15.6. The van der Waals surface area contributed by atoms with Crippen LogP contribution in [0.15, 0.2) is 0 Å². The molecule has 112 valence electrons. The van der Waals surface area contributed by atoms with Crippen LogP contribution in [0.2, 0.25) is 5.15 Å². The summed E-state index contributed by atoms with van der Waals surface area (Å²) in [7, 11) is 0. The highest BCUT2D eigenvalue weighted by Gasteiger charge is 2.28. The molecule has 2 rings (SSSR count). The molecule has 0 bridgehead atoms. The molecule has 1 saturated carbocycles. The molecule has 0 radical (unpaired) electrons. The Kier molecular flexibility index (Phi) is 4.90. The maximum Gasteiger partial charge on any atom is 0.137 e. The van der Waals surface area contributed by atoms with Gasteiger partial charge in [-0.15, -0.1) is 0 Å². The second-order valence-corrected chi connectivity index (χ2v) is 6.88. The molecule has 1 aromatic heterocycles. The van der Waals surface area contributed by atoms with Gasteiger partial charge in [0.15, 0.2) is 0 Å². The summed E-state index contributed by atoms with van der Waals surface area (Å²) in [6, 6.07) is 0.489. The third-order valence-electron chi connectivity index (χ3n) is 4.65. The van der Waals surface area contributed by atoms with Crippen LogP contribution in [0.5, 0.6) is 0 Å². The summed E-state index contributed by atoms with van der Waals surface area (Å²) >= 11 is 6.25. The van der Waals surface area contributed by atoms with Gasteiger partial charge in [-0.05, 0) is 25.2 Å². The third kappa shape index (κ3) is 3.25. The van der Waals surface area contributed by atoms with Crippen molar-refractivity contribution in [3.8, 4) is 0 Å². The van der Waals surface area contributed by atoms with Crippen molar-refractivity contribution in [1.29, 1.82) is 0 Å². The Morgan fingerprint density at radius 2 is 1.90 bits per heavy atom. The lowest BCUT2D eigenvalue weighted by atomic mass is 9.78. The van der Waals surface area contributed by atoms with Gasteiger partial charge in [0, 0.05) is 17.5 Å². The summed E-state index contributed by atoms with van der Waals surface area (Å²) in [4.78, 5) is 9.05. The van der Waals surface area contributed by atoms with Crippen LogP contribution in [0.25, 0.3) is 0 Å². The van der Waals surface area contributed by atoms with Gasteiger partial charge in [-0.2, -0.15) is 0 Å². The minimum atomic E-state index is 0.288. The zero-order valence-corrected chi connectivity index (χ0v) is 14.0. The Morgan fingerprint density at radius 1 is 1.20 bits per heavy atom. The lowest BCUT2D eigenvalue weighted by Gasteiger charge is -2.35. The summed E-state index contributed by atoms with van der Waals surface area (Å²) in [5, 5.41) is 4.20. The molecular weight excluding hydrogens is 270 g/mol. The Morgan fingerprint density at radius 3 is 2.55 bits per heavy atom. The minimum absolute atomic E-state index is 0.288. The normalized spacial score (nSPS) is 26.9. The van der Waals surface area contributed by atoms with Crippen LogP contribution in [-0.4, -0.2) is 16.0 Å². The molecule has 1 heterocycles. The molecule has 3 unspecified atom stereocenters. The Bertz CT molecular complexity index is 473. The van der Waals surface area contributed by atoms with Gasteiger partial charge in [-0.3, -0.25) is 0 Å². The Balaban J connectivity index is 2.24. The molecular formula is C16H26ClN3. The molecule has 3 atom stereocenters. The van der Waals surface area contributed by atoms with E-state index in [2.05, 4.69) is 43.0 Å². The quantitative estimate of drug-likeness (QED) is 0.814. The first-order valence-corrected chi connectivity index (χ1v) is 8.08. The average Bonchev–Trinajstić information content (AvgIpc) is 2.39. The third-order valence-corrected chi connectivity index (χ3v) is 5.02. The largest absolute Gasteiger partial charge is 0.367 e. The van der Waals surface area contributed by atoms with Gasteiger partial charge in [0.1, 0.15) is 16.8 Å².